The number of hydrogen-bond donors (Lipinski definition) is 1. The van der Waals surface area contributed by atoms with Crippen molar-refractivity contribution in [1.29, 1.82) is 0 Å². The van der Waals surface area contributed by atoms with Crippen molar-refractivity contribution >= 4 is 40.7 Å². The van der Waals surface area contributed by atoms with Crippen LogP contribution in [0.5, 0.6) is 0 Å². The number of benzene rings is 1. The molecule has 21 heavy (non-hydrogen) atoms. The van der Waals surface area contributed by atoms with Gasteiger partial charge in [0, 0.05) is 42.2 Å². The molecule has 2 amide bonds. The number of hydrogen-bond acceptors (Lipinski definition) is 2. The van der Waals surface area contributed by atoms with Gasteiger partial charge in [0.25, 0.3) is 0 Å². The fourth-order valence-electron chi connectivity index (χ4n) is 1.87. The van der Waals surface area contributed by atoms with Crippen molar-refractivity contribution in [3.05, 3.63) is 28.2 Å². The van der Waals surface area contributed by atoms with Gasteiger partial charge >= 0.3 is 0 Å². The van der Waals surface area contributed by atoms with Crippen LogP contribution in [0.15, 0.2) is 18.2 Å². The lowest BCUT2D eigenvalue weighted by molar-refractivity contribution is -0.121. The molecule has 0 spiro atoms. The van der Waals surface area contributed by atoms with Gasteiger partial charge in [0.2, 0.25) is 11.8 Å². The fourth-order valence-corrected chi connectivity index (χ4v) is 2.38. The Balaban J connectivity index is 2.66. The summed E-state index contributed by atoms with van der Waals surface area (Å²) in [7, 11) is 0. The van der Waals surface area contributed by atoms with Crippen molar-refractivity contribution in [2.24, 2.45) is 0 Å². The summed E-state index contributed by atoms with van der Waals surface area (Å²) >= 11 is 11.9. The fraction of sp³-hybridized carbons (Fsp3) is 0.467. The van der Waals surface area contributed by atoms with Gasteiger partial charge in [-0.25, -0.2) is 0 Å². The molecule has 0 aromatic heterocycles. The molecule has 0 atom stereocenters. The summed E-state index contributed by atoms with van der Waals surface area (Å²) in [6, 6.07) is 4.91. The van der Waals surface area contributed by atoms with Crippen LogP contribution < -0.4 is 10.2 Å². The van der Waals surface area contributed by atoms with E-state index < -0.39 is 0 Å². The van der Waals surface area contributed by atoms with E-state index in [2.05, 4.69) is 12.2 Å². The van der Waals surface area contributed by atoms with Crippen LogP contribution in [0.4, 0.5) is 5.69 Å². The number of halogens is 2. The van der Waals surface area contributed by atoms with Crippen LogP contribution in [0, 0.1) is 0 Å². The monoisotopic (exact) mass is 330 g/mol. The molecule has 0 fully saturated rings. The maximum absolute atomic E-state index is 11.7. The molecule has 1 aromatic carbocycles. The van der Waals surface area contributed by atoms with E-state index in [4.69, 9.17) is 23.2 Å². The summed E-state index contributed by atoms with van der Waals surface area (Å²) < 4.78 is 0. The second kappa shape index (κ2) is 8.90. The van der Waals surface area contributed by atoms with Gasteiger partial charge in [0.05, 0.1) is 0 Å². The van der Waals surface area contributed by atoms with Crippen LogP contribution in [0.2, 0.25) is 10.0 Å². The predicted octanol–water partition coefficient (Wildman–Crippen LogP) is 3.65. The first-order valence-electron chi connectivity index (χ1n) is 6.95. The molecule has 1 N–H and O–H groups in total. The Kier molecular flexibility index (Phi) is 7.54. The molecule has 0 saturated heterocycles. The zero-order chi connectivity index (χ0) is 15.8. The first-order valence-corrected chi connectivity index (χ1v) is 7.70. The van der Waals surface area contributed by atoms with Gasteiger partial charge in [-0.2, -0.15) is 0 Å². The lowest BCUT2D eigenvalue weighted by atomic mass is 10.2. The summed E-state index contributed by atoms with van der Waals surface area (Å²) in [4.78, 5) is 25.0. The van der Waals surface area contributed by atoms with Crippen molar-refractivity contribution in [2.75, 3.05) is 18.0 Å². The van der Waals surface area contributed by atoms with E-state index in [1.807, 2.05) is 0 Å². The van der Waals surface area contributed by atoms with Crippen LogP contribution in [0.25, 0.3) is 0 Å². The zero-order valence-corrected chi connectivity index (χ0v) is 13.8. The molecule has 116 valence electrons. The van der Waals surface area contributed by atoms with E-state index >= 15 is 0 Å². The Bertz CT molecular complexity index is 486. The van der Waals surface area contributed by atoms with Crippen molar-refractivity contribution in [2.45, 2.75) is 33.1 Å². The third-order valence-corrected chi connectivity index (χ3v) is 3.39. The van der Waals surface area contributed by atoms with E-state index in [9.17, 15) is 9.59 Å². The smallest absolute Gasteiger partial charge is 0.223 e. The molecule has 0 aliphatic heterocycles. The number of amides is 2. The highest BCUT2D eigenvalue weighted by molar-refractivity contribution is 6.35. The topological polar surface area (TPSA) is 49.4 Å². The number of rotatable bonds is 7. The molecule has 0 unspecified atom stereocenters. The molecular formula is C15H20Cl2N2O2. The largest absolute Gasteiger partial charge is 0.356 e. The second-order valence-electron chi connectivity index (χ2n) is 4.75. The maximum atomic E-state index is 11.7. The van der Waals surface area contributed by atoms with Crippen LogP contribution in [0.1, 0.15) is 33.1 Å². The summed E-state index contributed by atoms with van der Waals surface area (Å²) in [5.74, 6) is -0.225. The van der Waals surface area contributed by atoms with E-state index in [0.29, 0.717) is 28.8 Å². The minimum atomic E-state index is -0.158. The molecule has 0 radical (unpaired) electrons. The third-order valence-electron chi connectivity index (χ3n) is 2.95. The molecular weight excluding hydrogens is 311 g/mol. The lowest BCUT2D eigenvalue weighted by Crippen LogP contribution is -2.34. The van der Waals surface area contributed by atoms with Gasteiger partial charge in [-0.3, -0.25) is 9.59 Å². The number of nitrogens with one attached hydrogen (secondary N) is 1. The SMILES string of the molecule is CCCCNC(=O)CCN(C(C)=O)c1cc(Cl)cc(Cl)c1. The van der Waals surface area contributed by atoms with E-state index in [-0.39, 0.29) is 18.2 Å². The molecule has 0 bridgehead atoms. The van der Waals surface area contributed by atoms with Crippen LogP contribution in [0.3, 0.4) is 0 Å². The number of unbranched alkanes of at least 4 members (excludes halogenated alkanes) is 1. The molecule has 0 saturated carbocycles. The molecule has 0 aliphatic rings. The van der Waals surface area contributed by atoms with Gasteiger partial charge < -0.3 is 10.2 Å². The van der Waals surface area contributed by atoms with E-state index in [1.165, 1.54) is 11.8 Å². The Morgan fingerprint density at radius 1 is 1.19 bits per heavy atom. The van der Waals surface area contributed by atoms with Gasteiger partial charge in [0.15, 0.2) is 0 Å². The first-order chi connectivity index (χ1) is 9.93. The lowest BCUT2D eigenvalue weighted by Gasteiger charge is -2.21. The highest BCUT2D eigenvalue weighted by Gasteiger charge is 2.14. The molecule has 1 aromatic rings. The van der Waals surface area contributed by atoms with Gasteiger partial charge in [0.1, 0.15) is 0 Å². The standard InChI is InChI=1S/C15H20Cl2N2O2/c1-3-4-6-18-15(21)5-7-19(11(2)20)14-9-12(16)8-13(17)10-14/h8-10H,3-7H2,1-2H3,(H,18,21). The first kappa shape index (κ1) is 17.8. The van der Waals surface area contributed by atoms with Crippen LogP contribution in [-0.2, 0) is 9.59 Å². The minimum absolute atomic E-state index is 0.0668. The Labute approximate surface area is 135 Å². The third kappa shape index (κ3) is 6.36. The number of carbonyl (C=O) groups excluding carboxylic acids is 2. The second-order valence-corrected chi connectivity index (χ2v) is 5.62. The quantitative estimate of drug-likeness (QED) is 0.775. The maximum Gasteiger partial charge on any atom is 0.223 e. The average molecular weight is 331 g/mol. The molecule has 0 aliphatic carbocycles. The van der Waals surface area contributed by atoms with Gasteiger partial charge in [-0.1, -0.05) is 36.5 Å². The predicted molar refractivity (Wildman–Crippen MR) is 87.0 cm³/mol. The van der Waals surface area contributed by atoms with E-state index in [0.717, 1.165) is 12.8 Å². The Morgan fingerprint density at radius 2 is 1.81 bits per heavy atom. The van der Waals surface area contributed by atoms with Crippen molar-refractivity contribution < 1.29 is 9.59 Å². The highest BCUT2D eigenvalue weighted by Crippen LogP contribution is 2.25. The summed E-state index contributed by atoms with van der Waals surface area (Å²) in [6.07, 6.45) is 2.22. The molecule has 6 heteroatoms. The molecule has 4 nitrogen and oxygen atoms in total. The van der Waals surface area contributed by atoms with Crippen molar-refractivity contribution in [3.8, 4) is 0 Å². The Hall–Kier alpha value is -1.26. The summed E-state index contributed by atoms with van der Waals surface area (Å²) in [6.45, 7) is 4.47. The van der Waals surface area contributed by atoms with Gasteiger partial charge in [-0.15, -0.1) is 0 Å². The zero-order valence-electron chi connectivity index (χ0n) is 12.3. The van der Waals surface area contributed by atoms with Crippen molar-refractivity contribution in [3.63, 3.8) is 0 Å². The summed E-state index contributed by atoms with van der Waals surface area (Å²) in [5, 5.41) is 3.73. The highest BCUT2D eigenvalue weighted by atomic mass is 35.5. The van der Waals surface area contributed by atoms with E-state index in [1.54, 1.807) is 18.2 Å². The number of carbonyl (C=O) groups is 2. The number of nitrogens with zero attached hydrogens (tertiary/aromatic N) is 1. The normalized spacial score (nSPS) is 10.3. The van der Waals surface area contributed by atoms with Crippen LogP contribution in [-0.4, -0.2) is 24.9 Å². The minimum Gasteiger partial charge on any atom is -0.356 e. The average Bonchev–Trinajstić information content (AvgIpc) is 2.37. The van der Waals surface area contributed by atoms with Crippen molar-refractivity contribution in [1.82, 2.24) is 5.32 Å². The molecule has 0 heterocycles. The molecule has 1 rings (SSSR count). The Morgan fingerprint density at radius 3 is 2.33 bits per heavy atom. The van der Waals surface area contributed by atoms with Gasteiger partial charge in [-0.05, 0) is 24.6 Å². The summed E-state index contributed by atoms with van der Waals surface area (Å²) in [5.41, 5.74) is 0.598. The van der Waals surface area contributed by atoms with Crippen LogP contribution >= 0.6 is 23.2 Å². The number of anilines is 1.